The number of fused-ring (bicyclic) bond motifs is 1. The minimum Gasteiger partial charge on any atom is -0.497 e. The van der Waals surface area contributed by atoms with Crippen LogP contribution in [0, 0.1) is 0 Å². The van der Waals surface area contributed by atoms with Gasteiger partial charge in [0, 0.05) is 35.5 Å². The first-order valence-electron chi connectivity index (χ1n) is 12.1. The van der Waals surface area contributed by atoms with Gasteiger partial charge in [0.2, 0.25) is 0 Å². The topological polar surface area (TPSA) is 56.6 Å². The van der Waals surface area contributed by atoms with Gasteiger partial charge in [-0.15, -0.1) is 0 Å². The molecule has 0 saturated heterocycles. The van der Waals surface area contributed by atoms with Crippen molar-refractivity contribution < 1.29 is 22.6 Å². The molecular formula is C27H28F3N3O3. The molecule has 6 nitrogen and oxygen atoms in total. The van der Waals surface area contributed by atoms with Crippen molar-refractivity contribution in [3.05, 3.63) is 63.4 Å². The van der Waals surface area contributed by atoms with E-state index >= 15 is 0 Å². The molecule has 0 amide bonds. The van der Waals surface area contributed by atoms with E-state index in [1.165, 1.54) is 26.4 Å². The van der Waals surface area contributed by atoms with Crippen LogP contribution >= 0.6 is 0 Å². The average Bonchev–Trinajstić information content (AvgIpc) is 3.57. The SMILES string of the molecule is CCN(c1ccc(C(F)(F)F)c(-n2nc(-c3cc(OC)cc(OC)c3)c3c(c2=O)CCC3)c1)C1CC1. The minimum absolute atomic E-state index is 0.255. The standard InChI is InChI=1S/C27H28F3N3O3/c1-4-32(17-8-9-17)18-10-11-23(27(28,29)30)24(14-18)33-26(34)22-7-5-6-21(22)25(31-33)16-12-19(35-2)15-20(13-16)36-3/h10-15,17H,4-9H2,1-3H3. The van der Waals surface area contributed by atoms with Crippen molar-refractivity contribution in [3.8, 4) is 28.4 Å². The summed E-state index contributed by atoms with van der Waals surface area (Å²) in [6, 6.07) is 9.53. The van der Waals surface area contributed by atoms with Gasteiger partial charge in [0.25, 0.3) is 5.56 Å². The van der Waals surface area contributed by atoms with Crippen LogP contribution in [0.1, 0.15) is 42.9 Å². The Hall–Kier alpha value is -3.49. The number of hydrogen-bond donors (Lipinski definition) is 0. The lowest BCUT2D eigenvalue weighted by Gasteiger charge is -2.25. The van der Waals surface area contributed by atoms with Gasteiger partial charge in [0.1, 0.15) is 11.5 Å². The van der Waals surface area contributed by atoms with Crippen molar-refractivity contribution >= 4 is 5.69 Å². The molecule has 2 aliphatic carbocycles. The number of aromatic nitrogens is 2. The maximum Gasteiger partial charge on any atom is 0.418 e. The van der Waals surface area contributed by atoms with Gasteiger partial charge in [-0.3, -0.25) is 4.79 Å². The van der Waals surface area contributed by atoms with Gasteiger partial charge in [-0.1, -0.05) is 0 Å². The molecule has 0 atom stereocenters. The van der Waals surface area contributed by atoms with E-state index in [4.69, 9.17) is 9.47 Å². The Kier molecular flexibility index (Phi) is 6.18. The van der Waals surface area contributed by atoms with Crippen LogP contribution in [0.5, 0.6) is 11.5 Å². The van der Waals surface area contributed by atoms with E-state index in [0.717, 1.165) is 35.6 Å². The van der Waals surface area contributed by atoms with Crippen molar-refractivity contribution in [2.75, 3.05) is 25.7 Å². The van der Waals surface area contributed by atoms with E-state index < -0.39 is 17.3 Å². The zero-order valence-corrected chi connectivity index (χ0v) is 20.5. The van der Waals surface area contributed by atoms with Crippen LogP contribution in [0.3, 0.4) is 0 Å². The maximum absolute atomic E-state index is 14.2. The molecular weight excluding hydrogens is 471 g/mol. The average molecular weight is 500 g/mol. The highest BCUT2D eigenvalue weighted by Gasteiger charge is 2.37. The summed E-state index contributed by atoms with van der Waals surface area (Å²) < 4.78 is 54.2. The first kappa shape index (κ1) is 24.2. The van der Waals surface area contributed by atoms with Gasteiger partial charge in [-0.2, -0.15) is 23.0 Å². The highest BCUT2D eigenvalue weighted by molar-refractivity contribution is 5.69. The molecule has 9 heteroatoms. The fraction of sp³-hybridized carbons (Fsp3) is 0.407. The molecule has 1 fully saturated rings. The summed E-state index contributed by atoms with van der Waals surface area (Å²) in [5, 5.41) is 4.57. The molecule has 0 bridgehead atoms. The number of rotatable bonds is 7. The van der Waals surface area contributed by atoms with Crippen LogP contribution < -0.4 is 19.9 Å². The molecule has 3 aromatic rings. The van der Waals surface area contributed by atoms with Crippen molar-refractivity contribution in [3.63, 3.8) is 0 Å². The first-order chi connectivity index (χ1) is 17.2. The number of methoxy groups -OCH3 is 2. The quantitative estimate of drug-likeness (QED) is 0.435. The van der Waals surface area contributed by atoms with Gasteiger partial charge in [0.15, 0.2) is 0 Å². The third-order valence-corrected chi connectivity index (χ3v) is 6.95. The smallest absolute Gasteiger partial charge is 0.418 e. The van der Waals surface area contributed by atoms with Gasteiger partial charge in [-0.05, 0) is 74.9 Å². The molecule has 0 N–H and O–H groups in total. The molecule has 1 aromatic heterocycles. The van der Waals surface area contributed by atoms with Crippen molar-refractivity contribution in [2.45, 2.75) is 51.2 Å². The molecule has 2 aliphatic rings. The van der Waals surface area contributed by atoms with Crippen molar-refractivity contribution in [1.29, 1.82) is 0 Å². The lowest BCUT2D eigenvalue weighted by atomic mass is 10.0. The Morgan fingerprint density at radius 1 is 1.03 bits per heavy atom. The predicted molar refractivity (Wildman–Crippen MR) is 131 cm³/mol. The zero-order chi connectivity index (χ0) is 25.6. The summed E-state index contributed by atoms with van der Waals surface area (Å²) in [5.41, 5.74) is 1.37. The summed E-state index contributed by atoms with van der Waals surface area (Å²) in [4.78, 5) is 15.6. The fourth-order valence-corrected chi connectivity index (χ4v) is 5.07. The van der Waals surface area contributed by atoms with Crippen molar-refractivity contribution in [2.24, 2.45) is 0 Å². The molecule has 36 heavy (non-hydrogen) atoms. The Morgan fingerprint density at radius 3 is 2.28 bits per heavy atom. The number of anilines is 1. The van der Waals surface area contributed by atoms with E-state index in [9.17, 15) is 18.0 Å². The summed E-state index contributed by atoms with van der Waals surface area (Å²) in [5.74, 6) is 1.05. The molecule has 0 aliphatic heterocycles. The Labute approximate surface area is 207 Å². The Morgan fingerprint density at radius 2 is 1.69 bits per heavy atom. The predicted octanol–water partition coefficient (Wildman–Crippen LogP) is 5.41. The van der Waals surface area contributed by atoms with E-state index in [1.54, 1.807) is 18.2 Å². The molecule has 190 valence electrons. The van der Waals surface area contributed by atoms with Gasteiger partial charge in [-0.25, -0.2) is 0 Å². The van der Waals surface area contributed by atoms with Gasteiger partial charge >= 0.3 is 6.18 Å². The number of hydrogen-bond acceptors (Lipinski definition) is 5. The molecule has 5 rings (SSSR count). The van der Waals surface area contributed by atoms with Crippen LogP contribution in [0.25, 0.3) is 16.9 Å². The molecule has 0 unspecified atom stereocenters. The van der Waals surface area contributed by atoms with Crippen LogP contribution in [0.15, 0.2) is 41.2 Å². The largest absolute Gasteiger partial charge is 0.497 e. The second kappa shape index (κ2) is 9.19. The summed E-state index contributed by atoms with van der Waals surface area (Å²) in [6.45, 7) is 2.64. The van der Waals surface area contributed by atoms with E-state index in [0.29, 0.717) is 59.4 Å². The number of ether oxygens (including phenoxy) is 2. The van der Waals surface area contributed by atoms with Gasteiger partial charge in [0.05, 0.1) is 31.2 Å². The second-order valence-electron chi connectivity index (χ2n) is 9.19. The van der Waals surface area contributed by atoms with E-state index in [1.807, 2.05) is 6.92 Å². The van der Waals surface area contributed by atoms with E-state index in [-0.39, 0.29) is 5.69 Å². The number of nitrogens with zero attached hydrogens (tertiary/aromatic N) is 3. The maximum atomic E-state index is 14.2. The summed E-state index contributed by atoms with van der Waals surface area (Å²) in [7, 11) is 3.05. The molecule has 1 heterocycles. The first-order valence-corrected chi connectivity index (χ1v) is 12.1. The normalized spacial score (nSPS) is 15.1. The van der Waals surface area contributed by atoms with Crippen LogP contribution in [0.2, 0.25) is 0 Å². The molecule has 0 radical (unpaired) electrons. The second-order valence-corrected chi connectivity index (χ2v) is 9.19. The molecule has 2 aromatic carbocycles. The van der Waals surface area contributed by atoms with Crippen LogP contribution in [-0.2, 0) is 19.0 Å². The van der Waals surface area contributed by atoms with E-state index in [2.05, 4.69) is 10.00 Å². The highest BCUT2D eigenvalue weighted by atomic mass is 19.4. The third-order valence-electron chi connectivity index (χ3n) is 6.95. The lowest BCUT2D eigenvalue weighted by Crippen LogP contribution is -2.29. The Balaban J connectivity index is 1.76. The zero-order valence-electron chi connectivity index (χ0n) is 20.5. The number of halogens is 3. The van der Waals surface area contributed by atoms with Crippen molar-refractivity contribution in [1.82, 2.24) is 9.78 Å². The number of alkyl halides is 3. The molecule has 0 spiro atoms. The lowest BCUT2D eigenvalue weighted by molar-refractivity contribution is -0.137. The van der Waals surface area contributed by atoms with Crippen LogP contribution in [-0.4, -0.2) is 36.6 Å². The van der Waals surface area contributed by atoms with Gasteiger partial charge < -0.3 is 14.4 Å². The highest BCUT2D eigenvalue weighted by Crippen LogP contribution is 2.39. The third kappa shape index (κ3) is 4.31. The summed E-state index contributed by atoms with van der Waals surface area (Å²) >= 11 is 0. The Bertz CT molecular complexity index is 1340. The summed E-state index contributed by atoms with van der Waals surface area (Å²) in [6.07, 6.45) is -0.780. The fourth-order valence-electron chi connectivity index (χ4n) is 5.07. The number of benzene rings is 2. The van der Waals surface area contributed by atoms with Crippen LogP contribution in [0.4, 0.5) is 18.9 Å². The monoisotopic (exact) mass is 499 g/mol. The molecule has 1 saturated carbocycles. The minimum atomic E-state index is -4.65.